The zero-order valence-corrected chi connectivity index (χ0v) is 13.6. The third kappa shape index (κ3) is 5.12. The molecule has 2 aromatic carbocycles. The number of carboxylic acids is 1. The molecule has 0 fully saturated rings. The van der Waals surface area contributed by atoms with Crippen LogP contribution in [0.5, 0.6) is 5.75 Å². The Morgan fingerprint density at radius 3 is 2.33 bits per heavy atom. The van der Waals surface area contributed by atoms with Crippen molar-refractivity contribution in [1.29, 1.82) is 0 Å². The lowest BCUT2D eigenvalue weighted by Crippen LogP contribution is -2.33. The first-order valence-corrected chi connectivity index (χ1v) is 7.89. The number of nitrogens with one attached hydrogen (secondary N) is 1. The van der Waals surface area contributed by atoms with Crippen LogP contribution in [-0.2, 0) is 16.0 Å². The van der Waals surface area contributed by atoms with E-state index in [4.69, 9.17) is 4.74 Å². The van der Waals surface area contributed by atoms with Crippen molar-refractivity contribution >= 4 is 11.9 Å². The van der Waals surface area contributed by atoms with Crippen LogP contribution in [0.2, 0.25) is 0 Å². The maximum Gasteiger partial charge on any atom is 0.330 e. The number of amides is 1. The van der Waals surface area contributed by atoms with E-state index in [0.717, 1.165) is 11.3 Å². The highest BCUT2D eigenvalue weighted by molar-refractivity contribution is 5.84. The van der Waals surface area contributed by atoms with E-state index in [1.807, 2.05) is 31.2 Å². The SMILES string of the molecule is CCOc1ccc(CCC(=O)N[C@H](C(=O)O)c2ccccc2)cc1. The number of aryl methyl sites for hydroxylation is 1. The second-order valence-electron chi connectivity index (χ2n) is 5.33. The number of carboxylic acid groups (broad SMARTS) is 1. The van der Waals surface area contributed by atoms with Crippen molar-refractivity contribution in [2.24, 2.45) is 0 Å². The number of carbonyl (C=O) groups is 2. The van der Waals surface area contributed by atoms with Crippen molar-refractivity contribution in [3.05, 3.63) is 65.7 Å². The first-order chi connectivity index (χ1) is 11.6. The Kier molecular flexibility index (Phi) is 6.37. The standard InChI is InChI=1S/C19H21NO4/c1-2-24-16-11-8-14(9-12-16)10-13-17(21)20-18(19(22)23)15-6-4-3-5-7-15/h3-9,11-12,18H,2,10,13H2,1H3,(H,20,21)(H,22,23)/t18-/m0/s1. The fraction of sp³-hybridized carbons (Fsp3) is 0.263. The van der Waals surface area contributed by atoms with E-state index >= 15 is 0 Å². The van der Waals surface area contributed by atoms with Gasteiger partial charge < -0.3 is 15.2 Å². The van der Waals surface area contributed by atoms with Gasteiger partial charge in [-0.25, -0.2) is 4.79 Å². The Bertz CT molecular complexity index is 668. The van der Waals surface area contributed by atoms with Crippen LogP contribution in [0.15, 0.2) is 54.6 Å². The van der Waals surface area contributed by atoms with Crippen molar-refractivity contribution in [2.45, 2.75) is 25.8 Å². The average Bonchev–Trinajstić information content (AvgIpc) is 2.60. The molecule has 0 saturated carbocycles. The third-order valence-electron chi connectivity index (χ3n) is 3.56. The van der Waals surface area contributed by atoms with Crippen LogP contribution < -0.4 is 10.1 Å². The lowest BCUT2D eigenvalue weighted by atomic mass is 10.1. The van der Waals surface area contributed by atoms with Crippen LogP contribution in [0.25, 0.3) is 0 Å². The zero-order valence-electron chi connectivity index (χ0n) is 13.6. The fourth-order valence-corrected chi connectivity index (χ4v) is 2.34. The molecule has 0 aromatic heterocycles. The van der Waals surface area contributed by atoms with Crippen LogP contribution in [0.1, 0.15) is 30.5 Å². The van der Waals surface area contributed by atoms with E-state index < -0.39 is 12.0 Å². The molecule has 5 nitrogen and oxygen atoms in total. The molecule has 2 rings (SSSR count). The maximum atomic E-state index is 12.1. The maximum absolute atomic E-state index is 12.1. The van der Waals surface area contributed by atoms with Gasteiger partial charge in [0.2, 0.25) is 5.91 Å². The number of carbonyl (C=O) groups excluding carboxylic acids is 1. The first kappa shape index (κ1) is 17.5. The Morgan fingerprint density at radius 1 is 1.08 bits per heavy atom. The van der Waals surface area contributed by atoms with Crippen molar-refractivity contribution in [1.82, 2.24) is 5.32 Å². The molecule has 0 bridgehead atoms. The number of hydrogen-bond donors (Lipinski definition) is 2. The Morgan fingerprint density at radius 2 is 1.75 bits per heavy atom. The van der Waals surface area contributed by atoms with Crippen molar-refractivity contribution in [3.8, 4) is 5.75 Å². The molecule has 0 aliphatic carbocycles. The molecule has 5 heteroatoms. The molecule has 1 amide bonds. The monoisotopic (exact) mass is 327 g/mol. The number of benzene rings is 2. The molecule has 0 aliphatic rings. The van der Waals surface area contributed by atoms with E-state index in [0.29, 0.717) is 18.6 Å². The molecule has 0 aliphatic heterocycles. The van der Waals surface area contributed by atoms with E-state index in [1.54, 1.807) is 30.3 Å². The van der Waals surface area contributed by atoms with Gasteiger partial charge >= 0.3 is 5.97 Å². The highest BCUT2D eigenvalue weighted by Crippen LogP contribution is 2.15. The van der Waals surface area contributed by atoms with E-state index in [1.165, 1.54) is 0 Å². The molecule has 0 unspecified atom stereocenters. The van der Waals surface area contributed by atoms with Crippen molar-refractivity contribution < 1.29 is 19.4 Å². The van der Waals surface area contributed by atoms with Gasteiger partial charge in [-0.2, -0.15) is 0 Å². The summed E-state index contributed by atoms with van der Waals surface area (Å²) >= 11 is 0. The van der Waals surface area contributed by atoms with Crippen LogP contribution in [0.3, 0.4) is 0 Å². The van der Waals surface area contributed by atoms with Crippen LogP contribution in [0.4, 0.5) is 0 Å². The Hall–Kier alpha value is -2.82. The molecule has 126 valence electrons. The minimum atomic E-state index is -1.07. The number of ether oxygens (including phenoxy) is 1. The molecule has 24 heavy (non-hydrogen) atoms. The van der Waals surface area contributed by atoms with Crippen molar-refractivity contribution in [3.63, 3.8) is 0 Å². The van der Waals surface area contributed by atoms with Gasteiger partial charge in [-0.15, -0.1) is 0 Å². The topological polar surface area (TPSA) is 75.6 Å². The Labute approximate surface area is 141 Å². The normalized spacial score (nSPS) is 11.5. The fourth-order valence-electron chi connectivity index (χ4n) is 2.34. The summed E-state index contributed by atoms with van der Waals surface area (Å²) in [6.45, 7) is 2.53. The first-order valence-electron chi connectivity index (χ1n) is 7.89. The van der Waals surface area contributed by atoms with Gasteiger partial charge in [0.25, 0.3) is 0 Å². The van der Waals surface area contributed by atoms with Gasteiger partial charge in [0.1, 0.15) is 5.75 Å². The second-order valence-corrected chi connectivity index (χ2v) is 5.33. The Balaban J connectivity index is 1.90. The highest BCUT2D eigenvalue weighted by atomic mass is 16.5. The van der Waals surface area contributed by atoms with Gasteiger partial charge in [0.05, 0.1) is 6.61 Å². The summed E-state index contributed by atoms with van der Waals surface area (Å²) in [5.74, 6) is -0.573. The minimum absolute atomic E-state index is 0.227. The number of hydrogen-bond acceptors (Lipinski definition) is 3. The number of rotatable bonds is 8. The van der Waals surface area contributed by atoms with E-state index in [9.17, 15) is 14.7 Å². The summed E-state index contributed by atoms with van der Waals surface area (Å²) in [5, 5.41) is 11.9. The molecule has 2 aromatic rings. The van der Waals surface area contributed by atoms with Crippen LogP contribution in [0, 0.1) is 0 Å². The average molecular weight is 327 g/mol. The van der Waals surface area contributed by atoms with Crippen LogP contribution in [-0.4, -0.2) is 23.6 Å². The van der Waals surface area contributed by atoms with E-state index in [2.05, 4.69) is 5.32 Å². The molecule has 0 heterocycles. The molecular weight excluding hydrogens is 306 g/mol. The summed E-state index contributed by atoms with van der Waals surface area (Å²) in [6.07, 6.45) is 0.768. The zero-order chi connectivity index (χ0) is 17.4. The molecule has 0 radical (unpaired) electrons. The summed E-state index contributed by atoms with van der Waals surface area (Å²) in [6, 6.07) is 15.2. The molecule has 2 N–H and O–H groups in total. The van der Waals surface area contributed by atoms with E-state index in [-0.39, 0.29) is 12.3 Å². The van der Waals surface area contributed by atoms with Gasteiger partial charge in [0, 0.05) is 6.42 Å². The third-order valence-corrected chi connectivity index (χ3v) is 3.56. The largest absolute Gasteiger partial charge is 0.494 e. The lowest BCUT2D eigenvalue weighted by molar-refractivity contribution is -0.142. The lowest BCUT2D eigenvalue weighted by Gasteiger charge is -2.15. The molecule has 0 spiro atoms. The predicted octanol–water partition coefficient (Wildman–Crippen LogP) is 2.96. The van der Waals surface area contributed by atoms with Crippen LogP contribution >= 0.6 is 0 Å². The smallest absolute Gasteiger partial charge is 0.330 e. The summed E-state index contributed by atoms with van der Waals surface area (Å²) in [5.41, 5.74) is 1.56. The molecule has 0 saturated heterocycles. The highest BCUT2D eigenvalue weighted by Gasteiger charge is 2.21. The summed E-state index contributed by atoms with van der Waals surface area (Å²) in [7, 11) is 0. The van der Waals surface area contributed by atoms with Gasteiger partial charge in [-0.05, 0) is 36.6 Å². The van der Waals surface area contributed by atoms with Gasteiger partial charge in [-0.1, -0.05) is 42.5 Å². The van der Waals surface area contributed by atoms with Gasteiger partial charge in [0.15, 0.2) is 6.04 Å². The van der Waals surface area contributed by atoms with Crippen molar-refractivity contribution in [2.75, 3.05) is 6.61 Å². The minimum Gasteiger partial charge on any atom is -0.494 e. The quantitative estimate of drug-likeness (QED) is 0.781. The predicted molar refractivity (Wildman–Crippen MR) is 90.9 cm³/mol. The number of aliphatic carboxylic acids is 1. The summed E-state index contributed by atoms with van der Waals surface area (Å²) < 4.78 is 5.37. The second kappa shape index (κ2) is 8.72. The molecular formula is C19H21NO4. The summed E-state index contributed by atoms with van der Waals surface area (Å²) in [4.78, 5) is 23.5. The van der Waals surface area contributed by atoms with Gasteiger partial charge in [-0.3, -0.25) is 4.79 Å². The molecule has 1 atom stereocenters.